The van der Waals surface area contributed by atoms with Crippen molar-refractivity contribution in [1.29, 1.82) is 0 Å². The molecule has 0 bridgehead atoms. The normalized spacial score (nSPS) is 12.8. The molecule has 2 heterocycles. The monoisotopic (exact) mass is 316 g/mol. The van der Waals surface area contributed by atoms with Crippen LogP contribution in [0, 0.1) is 11.6 Å². The Hall–Kier alpha value is -2.50. The molecule has 0 aliphatic heterocycles. The highest BCUT2D eigenvalue weighted by atomic mass is 19.1. The van der Waals surface area contributed by atoms with Crippen LogP contribution < -0.4 is 5.32 Å². The first kappa shape index (κ1) is 15.4. The molecule has 0 aliphatic carbocycles. The van der Waals surface area contributed by atoms with Crippen molar-refractivity contribution in [2.45, 2.75) is 32.7 Å². The van der Waals surface area contributed by atoms with Crippen LogP contribution in [0.3, 0.4) is 0 Å². The molecule has 120 valence electrons. The van der Waals surface area contributed by atoms with Gasteiger partial charge in [-0.15, -0.1) is 0 Å². The molecule has 23 heavy (non-hydrogen) atoms. The molecule has 0 saturated heterocycles. The van der Waals surface area contributed by atoms with Crippen LogP contribution in [0.5, 0.6) is 0 Å². The van der Waals surface area contributed by atoms with E-state index in [-0.39, 0.29) is 12.0 Å². The van der Waals surface area contributed by atoms with Gasteiger partial charge >= 0.3 is 0 Å². The minimum Gasteiger partial charge on any atom is -0.363 e. The Balaban J connectivity index is 1.98. The number of nitrogens with one attached hydrogen (secondary N) is 1. The Morgan fingerprint density at radius 3 is 2.39 bits per heavy atom. The SMILES string of the molecule is CC(C)c1cc(N[C@@H](C)c2cc(F)cc(F)c2)n2nccc2n1. The van der Waals surface area contributed by atoms with Gasteiger partial charge in [0.2, 0.25) is 0 Å². The summed E-state index contributed by atoms with van der Waals surface area (Å²) < 4.78 is 28.5. The summed E-state index contributed by atoms with van der Waals surface area (Å²) in [6.07, 6.45) is 1.67. The lowest BCUT2D eigenvalue weighted by Gasteiger charge is -2.18. The zero-order valence-corrected chi connectivity index (χ0v) is 13.2. The molecule has 2 aromatic heterocycles. The van der Waals surface area contributed by atoms with E-state index in [2.05, 4.69) is 29.2 Å². The van der Waals surface area contributed by atoms with E-state index in [1.807, 2.05) is 19.1 Å². The van der Waals surface area contributed by atoms with Crippen molar-refractivity contribution in [1.82, 2.24) is 14.6 Å². The number of aromatic nitrogens is 3. The fraction of sp³-hybridized carbons (Fsp3) is 0.294. The number of halogens is 2. The van der Waals surface area contributed by atoms with E-state index in [4.69, 9.17) is 0 Å². The fourth-order valence-electron chi connectivity index (χ4n) is 2.46. The van der Waals surface area contributed by atoms with E-state index in [9.17, 15) is 8.78 Å². The first-order valence-electron chi connectivity index (χ1n) is 7.51. The van der Waals surface area contributed by atoms with Crippen molar-refractivity contribution in [2.24, 2.45) is 0 Å². The van der Waals surface area contributed by atoms with Gasteiger partial charge < -0.3 is 5.32 Å². The molecule has 0 amide bonds. The summed E-state index contributed by atoms with van der Waals surface area (Å²) in [7, 11) is 0. The molecule has 0 saturated carbocycles. The van der Waals surface area contributed by atoms with Crippen molar-refractivity contribution >= 4 is 11.5 Å². The van der Waals surface area contributed by atoms with E-state index >= 15 is 0 Å². The quantitative estimate of drug-likeness (QED) is 0.780. The van der Waals surface area contributed by atoms with Gasteiger partial charge in [0, 0.05) is 23.9 Å². The molecule has 6 heteroatoms. The van der Waals surface area contributed by atoms with Crippen LogP contribution in [0.1, 0.15) is 44.0 Å². The molecule has 3 aromatic rings. The Bertz CT molecular complexity index is 821. The van der Waals surface area contributed by atoms with Crippen LogP contribution in [0.2, 0.25) is 0 Å². The predicted octanol–water partition coefficient (Wildman–Crippen LogP) is 4.30. The Morgan fingerprint density at radius 2 is 1.74 bits per heavy atom. The highest BCUT2D eigenvalue weighted by molar-refractivity contribution is 5.50. The van der Waals surface area contributed by atoms with Gasteiger partial charge in [0.05, 0.1) is 12.2 Å². The van der Waals surface area contributed by atoms with E-state index in [1.165, 1.54) is 12.1 Å². The maximum Gasteiger partial charge on any atom is 0.157 e. The van der Waals surface area contributed by atoms with Crippen molar-refractivity contribution in [2.75, 3.05) is 5.32 Å². The minimum atomic E-state index is -0.588. The van der Waals surface area contributed by atoms with Crippen LogP contribution in [0.4, 0.5) is 14.6 Å². The van der Waals surface area contributed by atoms with Crippen molar-refractivity contribution in [3.63, 3.8) is 0 Å². The molecule has 0 unspecified atom stereocenters. The largest absolute Gasteiger partial charge is 0.363 e. The number of fused-ring (bicyclic) bond motifs is 1. The van der Waals surface area contributed by atoms with Gasteiger partial charge in [0.15, 0.2) is 5.65 Å². The Labute approximate surface area is 133 Å². The summed E-state index contributed by atoms with van der Waals surface area (Å²) in [4.78, 5) is 4.54. The van der Waals surface area contributed by atoms with Gasteiger partial charge in [-0.05, 0) is 30.5 Å². The highest BCUT2D eigenvalue weighted by Gasteiger charge is 2.13. The standard InChI is InChI=1S/C17H18F2N4/c1-10(2)15-9-17(23-16(22-15)4-5-20-23)21-11(3)12-6-13(18)8-14(19)7-12/h4-11,21H,1-3H3/t11-/m0/s1. The van der Waals surface area contributed by atoms with E-state index in [0.717, 1.165) is 23.2 Å². The molecule has 1 aromatic carbocycles. The van der Waals surface area contributed by atoms with Crippen molar-refractivity contribution in [3.05, 3.63) is 59.4 Å². The average Bonchev–Trinajstić information content (AvgIpc) is 2.94. The molecule has 0 fully saturated rings. The summed E-state index contributed by atoms with van der Waals surface area (Å²) in [5.74, 6) is -0.177. The second-order valence-electron chi connectivity index (χ2n) is 5.89. The van der Waals surface area contributed by atoms with Crippen LogP contribution in [0.15, 0.2) is 36.5 Å². The number of anilines is 1. The Morgan fingerprint density at radius 1 is 1.04 bits per heavy atom. The lowest BCUT2D eigenvalue weighted by molar-refractivity contribution is 0.577. The van der Waals surface area contributed by atoms with Crippen molar-refractivity contribution < 1.29 is 8.78 Å². The highest BCUT2D eigenvalue weighted by Crippen LogP contribution is 2.24. The van der Waals surface area contributed by atoms with Gasteiger partial charge in [-0.3, -0.25) is 0 Å². The smallest absolute Gasteiger partial charge is 0.157 e. The fourth-order valence-corrected chi connectivity index (χ4v) is 2.46. The number of nitrogens with zero attached hydrogens (tertiary/aromatic N) is 3. The molecular weight excluding hydrogens is 298 g/mol. The summed E-state index contributed by atoms with van der Waals surface area (Å²) in [6, 6.07) is 6.97. The zero-order chi connectivity index (χ0) is 16.6. The minimum absolute atomic E-state index is 0.261. The van der Waals surface area contributed by atoms with E-state index in [1.54, 1.807) is 10.7 Å². The third-order valence-corrected chi connectivity index (χ3v) is 3.72. The first-order chi connectivity index (χ1) is 10.9. The summed E-state index contributed by atoms with van der Waals surface area (Å²) in [5, 5.41) is 7.51. The average molecular weight is 316 g/mol. The van der Waals surface area contributed by atoms with E-state index in [0.29, 0.717) is 5.56 Å². The molecule has 0 radical (unpaired) electrons. The molecule has 4 nitrogen and oxygen atoms in total. The maximum absolute atomic E-state index is 13.4. The maximum atomic E-state index is 13.4. The van der Waals surface area contributed by atoms with Crippen LogP contribution in [0.25, 0.3) is 5.65 Å². The predicted molar refractivity (Wildman–Crippen MR) is 85.5 cm³/mol. The number of hydrogen-bond donors (Lipinski definition) is 1. The van der Waals surface area contributed by atoms with Crippen LogP contribution >= 0.6 is 0 Å². The first-order valence-corrected chi connectivity index (χ1v) is 7.51. The third-order valence-electron chi connectivity index (χ3n) is 3.72. The lowest BCUT2D eigenvalue weighted by atomic mass is 10.1. The van der Waals surface area contributed by atoms with Gasteiger partial charge in [-0.1, -0.05) is 13.8 Å². The van der Waals surface area contributed by atoms with Gasteiger partial charge in [0.25, 0.3) is 0 Å². The zero-order valence-electron chi connectivity index (χ0n) is 13.2. The second kappa shape index (κ2) is 5.95. The molecule has 1 atom stereocenters. The molecule has 3 rings (SSSR count). The van der Waals surface area contributed by atoms with Crippen LogP contribution in [-0.2, 0) is 0 Å². The van der Waals surface area contributed by atoms with Crippen molar-refractivity contribution in [3.8, 4) is 0 Å². The molecular formula is C17H18F2N4. The van der Waals surface area contributed by atoms with Gasteiger partial charge in [0.1, 0.15) is 17.5 Å². The lowest BCUT2D eigenvalue weighted by Crippen LogP contribution is -2.12. The van der Waals surface area contributed by atoms with Gasteiger partial charge in [-0.2, -0.15) is 9.61 Å². The molecule has 1 N–H and O–H groups in total. The molecule has 0 spiro atoms. The number of hydrogen-bond acceptors (Lipinski definition) is 3. The Kier molecular flexibility index (Phi) is 3.98. The summed E-state index contributed by atoms with van der Waals surface area (Å²) in [5.41, 5.74) is 2.19. The third kappa shape index (κ3) is 3.16. The topological polar surface area (TPSA) is 42.2 Å². The number of rotatable bonds is 4. The summed E-state index contributed by atoms with van der Waals surface area (Å²) in [6.45, 7) is 5.97. The summed E-state index contributed by atoms with van der Waals surface area (Å²) >= 11 is 0. The van der Waals surface area contributed by atoms with Crippen LogP contribution in [-0.4, -0.2) is 14.6 Å². The molecule has 0 aliphatic rings. The number of benzene rings is 1. The second-order valence-corrected chi connectivity index (χ2v) is 5.89. The van der Waals surface area contributed by atoms with E-state index < -0.39 is 11.6 Å². The van der Waals surface area contributed by atoms with Gasteiger partial charge in [-0.25, -0.2) is 13.8 Å².